The number of fused-ring (bicyclic) bond motifs is 1. The number of anilines is 1. The molecule has 0 unspecified atom stereocenters. The first-order valence-corrected chi connectivity index (χ1v) is 9.71. The van der Waals surface area contributed by atoms with Crippen LogP contribution in [0.4, 0.5) is 5.82 Å². The normalized spacial score (nSPS) is 11.0. The number of aryl methyl sites for hydroxylation is 2. The summed E-state index contributed by atoms with van der Waals surface area (Å²) in [6.07, 6.45) is 3.06. The molecule has 0 aliphatic heterocycles. The van der Waals surface area contributed by atoms with Gasteiger partial charge in [0.2, 0.25) is 0 Å². The molecular formula is C21H21N7O3. The van der Waals surface area contributed by atoms with Crippen molar-refractivity contribution < 1.29 is 14.3 Å². The van der Waals surface area contributed by atoms with Gasteiger partial charge in [0, 0.05) is 6.07 Å². The van der Waals surface area contributed by atoms with Crippen LogP contribution in [0.15, 0.2) is 36.8 Å². The fraction of sp³-hybridized carbons (Fsp3) is 0.238. The van der Waals surface area contributed by atoms with Crippen molar-refractivity contribution in [3.05, 3.63) is 53.6 Å². The van der Waals surface area contributed by atoms with E-state index in [-0.39, 0.29) is 12.4 Å². The number of hydrogen-bond donors (Lipinski definition) is 1. The van der Waals surface area contributed by atoms with E-state index >= 15 is 0 Å². The maximum atomic E-state index is 12.1. The quantitative estimate of drug-likeness (QED) is 0.399. The van der Waals surface area contributed by atoms with Crippen LogP contribution in [0.5, 0.6) is 0 Å². The Bertz CT molecular complexity index is 1310. The van der Waals surface area contributed by atoms with E-state index in [0.29, 0.717) is 22.5 Å². The Morgan fingerprint density at radius 2 is 1.94 bits per heavy atom. The van der Waals surface area contributed by atoms with Gasteiger partial charge in [-0.15, -0.1) is 0 Å². The summed E-state index contributed by atoms with van der Waals surface area (Å²) in [6.45, 7) is 7.57. The fourth-order valence-corrected chi connectivity index (χ4v) is 3.26. The van der Waals surface area contributed by atoms with Gasteiger partial charge in [-0.05, 0) is 44.9 Å². The molecule has 0 radical (unpaired) electrons. The highest BCUT2D eigenvalue weighted by molar-refractivity contribution is 6.37. The SMILES string of the molecule is CCOC(=O)C(=O)Nc1cc(C)nn1-c1ncnc2c1cnn2-c1cccc(C)c1C. The Labute approximate surface area is 177 Å². The van der Waals surface area contributed by atoms with E-state index < -0.39 is 11.9 Å². The Hall–Kier alpha value is -4.08. The molecule has 158 valence electrons. The summed E-state index contributed by atoms with van der Waals surface area (Å²) in [5.41, 5.74) is 4.36. The number of carbonyl (C=O) groups excluding carboxylic acids is 2. The van der Waals surface area contributed by atoms with E-state index in [0.717, 1.165) is 16.8 Å². The lowest BCUT2D eigenvalue weighted by atomic mass is 10.1. The van der Waals surface area contributed by atoms with Gasteiger partial charge in [-0.2, -0.15) is 14.9 Å². The van der Waals surface area contributed by atoms with Crippen molar-refractivity contribution in [2.75, 3.05) is 11.9 Å². The minimum atomic E-state index is -0.969. The number of amides is 1. The monoisotopic (exact) mass is 419 g/mol. The Morgan fingerprint density at radius 3 is 2.71 bits per heavy atom. The first-order chi connectivity index (χ1) is 14.9. The van der Waals surface area contributed by atoms with Crippen LogP contribution in [-0.4, -0.2) is 48.0 Å². The second-order valence-corrected chi connectivity index (χ2v) is 6.97. The summed E-state index contributed by atoms with van der Waals surface area (Å²) < 4.78 is 7.95. The number of esters is 1. The average molecular weight is 419 g/mol. The zero-order chi connectivity index (χ0) is 22.1. The smallest absolute Gasteiger partial charge is 0.397 e. The highest BCUT2D eigenvalue weighted by atomic mass is 16.5. The molecular weight excluding hydrogens is 398 g/mol. The number of ether oxygens (including phenoxy) is 1. The topological polar surface area (TPSA) is 117 Å². The minimum Gasteiger partial charge on any atom is -0.459 e. The van der Waals surface area contributed by atoms with Gasteiger partial charge in [-0.25, -0.2) is 19.4 Å². The third-order valence-corrected chi connectivity index (χ3v) is 4.88. The molecule has 3 heterocycles. The van der Waals surface area contributed by atoms with Gasteiger partial charge in [0.15, 0.2) is 11.5 Å². The van der Waals surface area contributed by atoms with Gasteiger partial charge >= 0.3 is 11.9 Å². The second kappa shape index (κ2) is 7.98. The number of rotatable bonds is 4. The van der Waals surface area contributed by atoms with Gasteiger partial charge in [-0.3, -0.25) is 4.79 Å². The van der Waals surface area contributed by atoms with Crippen molar-refractivity contribution in [2.24, 2.45) is 0 Å². The van der Waals surface area contributed by atoms with E-state index in [2.05, 4.69) is 25.5 Å². The fourth-order valence-electron chi connectivity index (χ4n) is 3.26. The first kappa shape index (κ1) is 20.2. The van der Waals surface area contributed by atoms with Crippen molar-refractivity contribution in [1.29, 1.82) is 0 Å². The molecule has 0 fully saturated rings. The van der Waals surface area contributed by atoms with Gasteiger partial charge in [0.25, 0.3) is 0 Å². The van der Waals surface area contributed by atoms with Crippen LogP contribution < -0.4 is 5.32 Å². The minimum absolute atomic E-state index is 0.106. The van der Waals surface area contributed by atoms with Crippen LogP contribution >= 0.6 is 0 Å². The molecule has 3 aromatic heterocycles. The lowest BCUT2D eigenvalue weighted by molar-refractivity contribution is -0.152. The molecule has 1 N–H and O–H groups in total. The molecule has 0 atom stereocenters. The molecule has 0 bridgehead atoms. The van der Waals surface area contributed by atoms with E-state index in [1.165, 1.54) is 11.0 Å². The number of nitrogens with zero attached hydrogens (tertiary/aromatic N) is 6. The summed E-state index contributed by atoms with van der Waals surface area (Å²) in [6, 6.07) is 7.61. The lowest BCUT2D eigenvalue weighted by Gasteiger charge is -2.10. The number of benzene rings is 1. The molecule has 4 rings (SSSR count). The van der Waals surface area contributed by atoms with Crippen molar-refractivity contribution in [1.82, 2.24) is 29.5 Å². The van der Waals surface area contributed by atoms with E-state index in [1.807, 2.05) is 32.0 Å². The van der Waals surface area contributed by atoms with E-state index in [9.17, 15) is 9.59 Å². The van der Waals surface area contributed by atoms with Crippen molar-refractivity contribution >= 4 is 28.7 Å². The molecule has 0 saturated carbocycles. The van der Waals surface area contributed by atoms with Gasteiger partial charge in [0.1, 0.15) is 12.1 Å². The largest absolute Gasteiger partial charge is 0.459 e. The third-order valence-electron chi connectivity index (χ3n) is 4.88. The first-order valence-electron chi connectivity index (χ1n) is 9.71. The molecule has 0 saturated heterocycles. The lowest BCUT2D eigenvalue weighted by Crippen LogP contribution is -2.26. The Morgan fingerprint density at radius 1 is 1.13 bits per heavy atom. The summed E-state index contributed by atoms with van der Waals surface area (Å²) in [5.74, 6) is -1.15. The predicted molar refractivity (Wildman–Crippen MR) is 113 cm³/mol. The van der Waals surface area contributed by atoms with Crippen molar-refractivity contribution in [2.45, 2.75) is 27.7 Å². The highest BCUT2D eigenvalue weighted by Gasteiger charge is 2.21. The van der Waals surface area contributed by atoms with E-state index in [4.69, 9.17) is 4.74 Å². The van der Waals surface area contributed by atoms with E-state index in [1.54, 1.807) is 30.8 Å². The maximum Gasteiger partial charge on any atom is 0.397 e. The van der Waals surface area contributed by atoms with Gasteiger partial charge in [0.05, 0.1) is 29.6 Å². The number of nitrogens with one attached hydrogen (secondary N) is 1. The summed E-state index contributed by atoms with van der Waals surface area (Å²) in [4.78, 5) is 32.6. The van der Waals surface area contributed by atoms with Gasteiger partial charge in [-0.1, -0.05) is 12.1 Å². The molecule has 0 aliphatic rings. The average Bonchev–Trinajstić information content (AvgIpc) is 3.33. The van der Waals surface area contributed by atoms with Crippen LogP contribution in [-0.2, 0) is 14.3 Å². The summed E-state index contributed by atoms with van der Waals surface area (Å²) in [5, 5.41) is 12.1. The predicted octanol–water partition coefficient (Wildman–Crippen LogP) is 2.43. The van der Waals surface area contributed by atoms with Crippen LogP contribution in [0, 0.1) is 20.8 Å². The zero-order valence-corrected chi connectivity index (χ0v) is 17.6. The molecule has 10 heteroatoms. The zero-order valence-electron chi connectivity index (χ0n) is 17.6. The standard InChI is InChI=1S/C21H21N7O3/c1-5-31-21(30)20(29)25-17-9-13(3)26-28(17)19-15-10-24-27(18(15)22-11-23-19)16-8-6-7-12(2)14(16)4/h6-11H,5H2,1-4H3,(H,25,29). The molecule has 1 aromatic carbocycles. The van der Waals surface area contributed by atoms with Crippen LogP contribution in [0.25, 0.3) is 22.5 Å². The molecule has 0 aliphatic carbocycles. The van der Waals surface area contributed by atoms with Gasteiger partial charge < -0.3 is 10.1 Å². The maximum absolute atomic E-state index is 12.1. The molecule has 0 spiro atoms. The highest BCUT2D eigenvalue weighted by Crippen LogP contribution is 2.26. The van der Waals surface area contributed by atoms with Crippen LogP contribution in [0.3, 0.4) is 0 Å². The van der Waals surface area contributed by atoms with Crippen LogP contribution in [0.1, 0.15) is 23.7 Å². The third kappa shape index (κ3) is 3.63. The summed E-state index contributed by atoms with van der Waals surface area (Å²) in [7, 11) is 0. The molecule has 4 aromatic rings. The second-order valence-electron chi connectivity index (χ2n) is 6.97. The number of carbonyl (C=O) groups is 2. The van der Waals surface area contributed by atoms with Crippen LogP contribution in [0.2, 0.25) is 0 Å². The number of aromatic nitrogens is 6. The van der Waals surface area contributed by atoms with Crippen molar-refractivity contribution in [3.8, 4) is 11.5 Å². The Balaban J connectivity index is 1.80. The van der Waals surface area contributed by atoms with Crippen molar-refractivity contribution in [3.63, 3.8) is 0 Å². The molecule has 10 nitrogen and oxygen atoms in total. The molecule has 1 amide bonds. The summed E-state index contributed by atoms with van der Waals surface area (Å²) >= 11 is 0. The molecule has 31 heavy (non-hydrogen) atoms. The number of hydrogen-bond acceptors (Lipinski definition) is 7. The Kier molecular flexibility index (Phi) is 5.20.